The Bertz CT molecular complexity index is 487. The summed E-state index contributed by atoms with van der Waals surface area (Å²) in [6, 6.07) is 2.01. The second-order valence-corrected chi connectivity index (χ2v) is 6.53. The molecule has 0 amide bonds. The lowest BCUT2D eigenvalue weighted by molar-refractivity contribution is -0.135. The molecule has 6 nitrogen and oxygen atoms in total. The number of hydrogen-bond acceptors (Lipinski definition) is 6. The SMILES string of the molecule is CC(C)c1nccc(CN2CCOC3(CNCCOC3)C2)n1. The normalized spacial score (nSPS) is 27.2. The summed E-state index contributed by atoms with van der Waals surface area (Å²) in [7, 11) is 0. The number of hydrogen-bond donors (Lipinski definition) is 1. The van der Waals surface area contributed by atoms with Crippen molar-refractivity contribution >= 4 is 0 Å². The second-order valence-electron chi connectivity index (χ2n) is 6.53. The van der Waals surface area contributed by atoms with E-state index in [1.165, 1.54) is 0 Å². The molecule has 22 heavy (non-hydrogen) atoms. The van der Waals surface area contributed by atoms with Crippen LogP contribution < -0.4 is 5.32 Å². The van der Waals surface area contributed by atoms with Crippen LogP contribution >= 0.6 is 0 Å². The van der Waals surface area contributed by atoms with Gasteiger partial charge in [0.05, 0.1) is 25.5 Å². The molecular formula is C16H26N4O2. The molecule has 6 heteroatoms. The first-order valence-corrected chi connectivity index (χ1v) is 8.13. The Morgan fingerprint density at radius 3 is 3.18 bits per heavy atom. The molecule has 0 radical (unpaired) electrons. The molecule has 3 rings (SSSR count). The van der Waals surface area contributed by atoms with E-state index in [9.17, 15) is 0 Å². The van der Waals surface area contributed by atoms with Gasteiger partial charge in [0.2, 0.25) is 0 Å². The fraction of sp³-hybridized carbons (Fsp3) is 0.750. The van der Waals surface area contributed by atoms with Crippen molar-refractivity contribution in [1.29, 1.82) is 0 Å². The van der Waals surface area contributed by atoms with E-state index in [1.54, 1.807) is 0 Å². The third-order valence-corrected chi connectivity index (χ3v) is 4.20. The molecule has 2 fully saturated rings. The molecular weight excluding hydrogens is 280 g/mol. The zero-order valence-corrected chi connectivity index (χ0v) is 13.5. The fourth-order valence-corrected chi connectivity index (χ4v) is 3.03. The van der Waals surface area contributed by atoms with Crippen molar-refractivity contribution in [3.63, 3.8) is 0 Å². The second kappa shape index (κ2) is 7.00. The van der Waals surface area contributed by atoms with Gasteiger partial charge in [-0.05, 0) is 6.07 Å². The van der Waals surface area contributed by atoms with E-state index in [2.05, 4.69) is 34.0 Å². The summed E-state index contributed by atoms with van der Waals surface area (Å²) in [5.41, 5.74) is 0.862. The van der Waals surface area contributed by atoms with Crippen molar-refractivity contribution in [2.75, 3.05) is 46.0 Å². The smallest absolute Gasteiger partial charge is 0.131 e. The summed E-state index contributed by atoms with van der Waals surface area (Å²) >= 11 is 0. The van der Waals surface area contributed by atoms with Crippen LogP contribution in [0.1, 0.15) is 31.3 Å². The summed E-state index contributed by atoms with van der Waals surface area (Å²) < 4.78 is 11.8. The van der Waals surface area contributed by atoms with Crippen LogP contribution in [-0.4, -0.2) is 66.5 Å². The van der Waals surface area contributed by atoms with Gasteiger partial charge in [-0.25, -0.2) is 9.97 Å². The molecule has 1 aromatic heterocycles. The fourth-order valence-electron chi connectivity index (χ4n) is 3.03. The lowest BCUT2D eigenvalue weighted by atomic mass is 10.0. The van der Waals surface area contributed by atoms with Crippen LogP contribution in [0, 0.1) is 0 Å². The first kappa shape index (κ1) is 15.8. The Labute approximate surface area is 132 Å². The molecule has 3 heterocycles. The van der Waals surface area contributed by atoms with Crippen LogP contribution in [0.4, 0.5) is 0 Å². The molecule has 1 unspecified atom stereocenters. The van der Waals surface area contributed by atoms with Crippen LogP contribution in [-0.2, 0) is 16.0 Å². The minimum absolute atomic E-state index is 0.220. The lowest BCUT2D eigenvalue weighted by Crippen LogP contribution is -2.57. The zero-order chi connectivity index (χ0) is 15.4. The third-order valence-electron chi connectivity index (χ3n) is 4.20. The maximum absolute atomic E-state index is 6.05. The van der Waals surface area contributed by atoms with E-state index < -0.39 is 0 Å². The summed E-state index contributed by atoms with van der Waals surface area (Å²) in [6.45, 7) is 10.8. The molecule has 2 saturated heterocycles. The summed E-state index contributed by atoms with van der Waals surface area (Å²) in [4.78, 5) is 11.4. The largest absolute Gasteiger partial charge is 0.377 e. The molecule has 1 spiro atoms. The van der Waals surface area contributed by atoms with E-state index in [0.29, 0.717) is 12.5 Å². The van der Waals surface area contributed by atoms with Gasteiger partial charge in [0.1, 0.15) is 11.4 Å². The van der Waals surface area contributed by atoms with Gasteiger partial charge in [0.25, 0.3) is 0 Å². The first-order chi connectivity index (χ1) is 10.7. The summed E-state index contributed by atoms with van der Waals surface area (Å²) in [5.74, 6) is 1.27. The van der Waals surface area contributed by atoms with E-state index in [-0.39, 0.29) is 5.60 Å². The van der Waals surface area contributed by atoms with Crippen molar-refractivity contribution in [2.24, 2.45) is 0 Å². The number of nitrogens with zero attached hydrogens (tertiary/aromatic N) is 3. The molecule has 1 N–H and O–H groups in total. The lowest BCUT2D eigenvalue weighted by Gasteiger charge is -2.41. The molecule has 0 aliphatic carbocycles. The maximum atomic E-state index is 6.05. The molecule has 1 atom stereocenters. The molecule has 0 aromatic carbocycles. The van der Waals surface area contributed by atoms with Crippen molar-refractivity contribution in [3.8, 4) is 0 Å². The van der Waals surface area contributed by atoms with E-state index in [0.717, 1.165) is 57.5 Å². The Kier molecular flexibility index (Phi) is 5.03. The maximum Gasteiger partial charge on any atom is 0.131 e. The van der Waals surface area contributed by atoms with Gasteiger partial charge in [-0.15, -0.1) is 0 Å². The average Bonchev–Trinajstić information content (AvgIpc) is 2.73. The number of aromatic nitrogens is 2. The average molecular weight is 306 g/mol. The monoisotopic (exact) mass is 306 g/mol. The molecule has 0 saturated carbocycles. The first-order valence-electron chi connectivity index (χ1n) is 8.13. The Hall–Kier alpha value is -1.08. The highest BCUT2D eigenvalue weighted by Gasteiger charge is 2.38. The number of ether oxygens (including phenoxy) is 2. The van der Waals surface area contributed by atoms with Crippen LogP contribution in [0.5, 0.6) is 0 Å². The predicted molar refractivity (Wildman–Crippen MR) is 83.8 cm³/mol. The van der Waals surface area contributed by atoms with Crippen LogP contribution in [0.2, 0.25) is 0 Å². The van der Waals surface area contributed by atoms with Crippen molar-refractivity contribution < 1.29 is 9.47 Å². The molecule has 1 aromatic rings. The van der Waals surface area contributed by atoms with Crippen LogP contribution in [0.25, 0.3) is 0 Å². The highest BCUT2D eigenvalue weighted by atomic mass is 16.5. The number of rotatable bonds is 3. The number of nitrogens with one attached hydrogen (secondary N) is 1. The van der Waals surface area contributed by atoms with Crippen molar-refractivity contribution in [1.82, 2.24) is 20.2 Å². The minimum atomic E-state index is -0.220. The van der Waals surface area contributed by atoms with Gasteiger partial charge in [0, 0.05) is 44.8 Å². The van der Waals surface area contributed by atoms with Gasteiger partial charge in [0.15, 0.2) is 0 Å². The van der Waals surface area contributed by atoms with Gasteiger partial charge in [-0.2, -0.15) is 0 Å². The van der Waals surface area contributed by atoms with Gasteiger partial charge in [-0.1, -0.05) is 13.8 Å². The molecule has 2 aliphatic heterocycles. The van der Waals surface area contributed by atoms with Gasteiger partial charge in [-0.3, -0.25) is 4.90 Å². The number of morpholine rings is 1. The van der Waals surface area contributed by atoms with Crippen LogP contribution in [0.3, 0.4) is 0 Å². The van der Waals surface area contributed by atoms with Crippen LogP contribution in [0.15, 0.2) is 12.3 Å². The Morgan fingerprint density at radius 1 is 1.41 bits per heavy atom. The molecule has 122 valence electrons. The van der Waals surface area contributed by atoms with E-state index in [1.807, 2.05) is 12.3 Å². The van der Waals surface area contributed by atoms with Crippen molar-refractivity contribution in [2.45, 2.75) is 31.9 Å². The summed E-state index contributed by atoms with van der Waals surface area (Å²) in [5, 5.41) is 3.41. The van der Waals surface area contributed by atoms with E-state index >= 15 is 0 Å². The quantitative estimate of drug-likeness (QED) is 0.891. The van der Waals surface area contributed by atoms with Gasteiger partial charge < -0.3 is 14.8 Å². The Balaban J connectivity index is 1.66. The standard InChI is InChI=1S/C16H26N4O2/c1-13(2)15-18-4-3-14(19-15)9-20-6-8-22-16(11-20)10-17-5-7-21-12-16/h3-4,13,17H,5-12H2,1-2H3. The molecule has 0 bridgehead atoms. The highest BCUT2D eigenvalue weighted by molar-refractivity contribution is 5.05. The minimum Gasteiger partial charge on any atom is -0.377 e. The Morgan fingerprint density at radius 2 is 2.32 bits per heavy atom. The highest BCUT2D eigenvalue weighted by Crippen LogP contribution is 2.21. The topological polar surface area (TPSA) is 59.5 Å². The van der Waals surface area contributed by atoms with Gasteiger partial charge >= 0.3 is 0 Å². The predicted octanol–water partition coefficient (Wildman–Crippen LogP) is 0.791. The zero-order valence-electron chi connectivity index (χ0n) is 13.5. The van der Waals surface area contributed by atoms with E-state index in [4.69, 9.17) is 9.47 Å². The summed E-state index contributed by atoms with van der Waals surface area (Å²) in [6.07, 6.45) is 1.87. The third kappa shape index (κ3) is 3.81. The molecule has 2 aliphatic rings. The van der Waals surface area contributed by atoms with Crippen molar-refractivity contribution in [3.05, 3.63) is 23.8 Å².